The number of rotatable bonds is 5. The van der Waals surface area contributed by atoms with E-state index in [0.717, 1.165) is 11.3 Å². The van der Waals surface area contributed by atoms with E-state index in [2.05, 4.69) is 6.58 Å². The van der Waals surface area contributed by atoms with Gasteiger partial charge in [-0.1, -0.05) is 30.9 Å². The molecule has 0 heterocycles. The third-order valence-corrected chi connectivity index (χ3v) is 2.10. The first kappa shape index (κ1) is 13.0. The van der Waals surface area contributed by atoms with Crippen LogP contribution in [0.3, 0.4) is 0 Å². The minimum Gasteiger partial charge on any atom is -0.496 e. The molecule has 3 nitrogen and oxygen atoms in total. The van der Waals surface area contributed by atoms with Gasteiger partial charge in [0.1, 0.15) is 12.4 Å². The number of carbonyl (C=O) groups excluding carboxylic acids is 1. The zero-order valence-corrected chi connectivity index (χ0v) is 10.1. The number of carbonyl (C=O) groups is 1. The van der Waals surface area contributed by atoms with Crippen molar-refractivity contribution in [2.75, 3.05) is 13.7 Å². The highest BCUT2D eigenvalue weighted by atomic mass is 16.5. The molecule has 0 aliphatic carbocycles. The van der Waals surface area contributed by atoms with Gasteiger partial charge in [-0.25, -0.2) is 4.79 Å². The molecule has 90 valence electrons. The van der Waals surface area contributed by atoms with Crippen LogP contribution in [0.2, 0.25) is 0 Å². The summed E-state index contributed by atoms with van der Waals surface area (Å²) in [6, 6.07) is 7.62. The first-order valence-corrected chi connectivity index (χ1v) is 5.27. The Morgan fingerprint density at radius 3 is 2.76 bits per heavy atom. The van der Waals surface area contributed by atoms with Gasteiger partial charge in [-0.2, -0.15) is 0 Å². The Morgan fingerprint density at radius 1 is 1.41 bits per heavy atom. The molecule has 1 rings (SSSR count). The van der Waals surface area contributed by atoms with Crippen LogP contribution >= 0.6 is 0 Å². The second-order valence-electron chi connectivity index (χ2n) is 3.52. The van der Waals surface area contributed by atoms with Crippen LogP contribution in [-0.2, 0) is 9.53 Å². The quantitative estimate of drug-likeness (QED) is 0.578. The van der Waals surface area contributed by atoms with Gasteiger partial charge in [-0.3, -0.25) is 0 Å². The van der Waals surface area contributed by atoms with Crippen LogP contribution in [0, 0.1) is 0 Å². The van der Waals surface area contributed by atoms with Crippen molar-refractivity contribution in [2.24, 2.45) is 0 Å². The Balaban J connectivity index is 2.54. The summed E-state index contributed by atoms with van der Waals surface area (Å²) in [6.07, 6.45) is 3.61. The van der Waals surface area contributed by atoms with E-state index in [1.807, 2.05) is 30.3 Å². The molecule has 3 heteroatoms. The monoisotopic (exact) mass is 232 g/mol. The normalized spacial score (nSPS) is 10.2. The highest BCUT2D eigenvalue weighted by molar-refractivity contribution is 5.87. The van der Waals surface area contributed by atoms with Crippen molar-refractivity contribution in [3.8, 4) is 5.75 Å². The molecule has 1 aromatic rings. The molecule has 0 aromatic heterocycles. The molecule has 0 spiro atoms. The fraction of sp³-hybridized carbons (Fsp3) is 0.214. The van der Waals surface area contributed by atoms with Gasteiger partial charge in [0.2, 0.25) is 0 Å². The number of hydrogen-bond acceptors (Lipinski definition) is 3. The van der Waals surface area contributed by atoms with Gasteiger partial charge >= 0.3 is 5.97 Å². The van der Waals surface area contributed by atoms with Gasteiger partial charge in [0.05, 0.1) is 7.11 Å². The van der Waals surface area contributed by atoms with Crippen molar-refractivity contribution in [1.82, 2.24) is 0 Å². The maximum Gasteiger partial charge on any atom is 0.333 e. The van der Waals surface area contributed by atoms with E-state index in [1.165, 1.54) is 0 Å². The molecule has 17 heavy (non-hydrogen) atoms. The molecule has 0 fully saturated rings. The summed E-state index contributed by atoms with van der Waals surface area (Å²) in [7, 11) is 1.62. The van der Waals surface area contributed by atoms with Gasteiger partial charge in [-0.05, 0) is 19.1 Å². The maximum absolute atomic E-state index is 11.1. The smallest absolute Gasteiger partial charge is 0.333 e. The number of para-hydroxylation sites is 1. The summed E-state index contributed by atoms with van der Waals surface area (Å²) in [5, 5.41) is 0. The van der Waals surface area contributed by atoms with Crippen LogP contribution in [0.15, 0.2) is 42.5 Å². The van der Waals surface area contributed by atoms with Crippen LogP contribution in [-0.4, -0.2) is 19.7 Å². The van der Waals surface area contributed by atoms with Crippen molar-refractivity contribution in [1.29, 1.82) is 0 Å². The lowest BCUT2D eigenvalue weighted by atomic mass is 10.2. The fourth-order valence-corrected chi connectivity index (χ4v) is 1.23. The summed E-state index contributed by atoms with van der Waals surface area (Å²) >= 11 is 0. The summed E-state index contributed by atoms with van der Waals surface area (Å²) in [6.45, 7) is 5.34. The molecule has 0 amide bonds. The summed E-state index contributed by atoms with van der Waals surface area (Å²) in [5.74, 6) is 0.407. The lowest BCUT2D eigenvalue weighted by Crippen LogP contribution is -2.04. The molecule has 0 saturated heterocycles. The van der Waals surface area contributed by atoms with E-state index in [1.54, 1.807) is 20.1 Å². The average molecular weight is 232 g/mol. The van der Waals surface area contributed by atoms with Gasteiger partial charge in [0.15, 0.2) is 0 Å². The lowest BCUT2D eigenvalue weighted by Gasteiger charge is -2.03. The predicted octanol–water partition coefficient (Wildman–Crippen LogP) is 2.83. The minimum absolute atomic E-state index is 0.226. The van der Waals surface area contributed by atoms with Gasteiger partial charge in [-0.15, -0.1) is 0 Å². The Labute approximate surface area is 101 Å². The highest BCUT2D eigenvalue weighted by Crippen LogP contribution is 2.18. The van der Waals surface area contributed by atoms with E-state index in [-0.39, 0.29) is 12.6 Å². The zero-order chi connectivity index (χ0) is 12.7. The van der Waals surface area contributed by atoms with Crippen molar-refractivity contribution < 1.29 is 14.3 Å². The van der Waals surface area contributed by atoms with Crippen molar-refractivity contribution in [3.05, 3.63) is 48.1 Å². The van der Waals surface area contributed by atoms with Gasteiger partial charge < -0.3 is 9.47 Å². The molecule has 0 aliphatic rings. The van der Waals surface area contributed by atoms with E-state index in [9.17, 15) is 4.79 Å². The largest absolute Gasteiger partial charge is 0.496 e. The molecule has 0 unspecified atom stereocenters. The number of hydrogen-bond donors (Lipinski definition) is 0. The van der Waals surface area contributed by atoms with E-state index in [4.69, 9.17) is 9.47 Å². The van der Waals surface area contributed by atoms with Gasteiger partial charge in [0.25, 0.3) is 0 Å². The zero-order valence-electron chi connectivity index (χ0n) is 10.1. The summed E-state index contributed by atoms with van der Waals surface area (Å²) in [4.78, 5) is 11.1. The summed E-state index contributed by atoms with van der Waals surface area (Å²) in [5.41, 5.74) is 1.34. The third-order valence-electron chi connectivity index (χ3n) is 2.10. The van der Waals surface area contributed by atoms with E-state index >= 15 is 0 Å². The Kier molecular flexibility index (Phi) is 5.01. The predicted molar refractivity (Wildman–Crippen MR) is 67.8 cm³/mol. The topological polar surface area (TPSA) is 35.5 Å². The van der Waals surface area contributed by atoms with Crippen LogP contribution in [0.4, 0.5) is 0 Å². The number of methoxy groups -OCH3 is 1. The average Bonchev–Trinajstić information content (AvgIpc) is 2.34. The Morgan fingerprint density at radius 2 is 2.12 bits per heavy atom. The van der Waals surface area contributed by atoms with Crippen LogP contribution < -0.4 is 4.74 Å². The highest BCUT2D eigenvalue weighted by Gasteiger charge is 2.00. The Hall–Kier alpha value is -2.03. The number of ether oxygens (including phenoxy) is 2. The first-order valence-electron chi connectivity index (χ1n) is 5.27. The van der Waals surface area contributed by atoms with Crippen LogP contribution in [0.5, 0.6) is 5.75 Å². The van der Waals surface area contributed by atoms with Crippen LogP contribution in [0.1, 0.15) is 12.5 Å². The van der Waals surface area contributed by atoms with Crippen LogP contribution in [0.25, 0.3) is 6.08 Å². The fourth-order valence-electron chi connectivity index (χ4n) is 1.23. The maximum atomic E-state index is 11.1. The molecule has 1 aromatic carbocycles. The molecular weight excluding hydrogens is 216 g/mol. The van der Waals surface area contributed by atoms with Gasteiger partial charge in [0, 0.05) is 11.1 Å². The summed E-state index contributed by atoms with van der Waals surface area (Å²) < 4.78 is 10.1. The Bertz CT molecular complexity index is 433. The molecule has 0 aliphatic heterocycles. The third kappa shape index (κ3) is 4.15. The molecular formula is C14H16O3. The number of benzene rings is 1. The standard InChI is InChI=1S/C14H16O3/c1-11(2)14(15)17-10-6-8-12-7-4-5-9-13(12)16-3/h4-9H,1,10H2,2-3H3. The van der Waals surface area contributed by atoms with Crippen molar-refractivity contribution in [2.45, 2.75) is 6.92 Å². The van der Waals surface area contributed by atoms with Crippen molar-refractivity contribution >= 4 is 12.0 Å². The molecule has 0 N–H and O–H groups in total. The molecule has 0 saturated carbocycles. The van der Waals surface area contributed by atoms with E-state index < -0.39 is 0 Å². The van der Waals surface area contributed by atoms with E-state index in [0.29, 0.717) is 5.57 Å². The molecule has 0 bridgehead atoms. The number of esters is 1. The van der Waals surface area contributed by atoms with Crippen molar-refractivity contribution in [3.63, 3.8) is 0 Å². The second kappa shape index (κ2) is 6.53. The molecule has 0 atom stereocenters. The first-order chi connectivity index (χ1) is 8.15. The minimum atomic E-state index is -0.380. The second-order valence-corrected chi connectivity index (χ2v) is 3.52. The molecule has 0 radical (unpaired) electrons. The lowest BCUT2D eigenvalue weighted by molar-refractivity contribution is -0.137. The SMILES string of the molecule is C=C(C)C(=O)OCC=Cc1ccccc1OC.